The number of nitrogens with zero attached hydrogens (tertiary/aromatic N) is 2. The lowest BCUT2D eigenvalue weighted by Gasteiger charge is -2.38. The number of rotatable bonds is 2. The van der Waals surface area contributed by atoms with Crippen molar-refractivity contribution in [1.29, 1.82) is 0 Å². The number of alkyl halides is 6. The van der Waals surface area contributed by atoms with E-state index in [4.69, 9.17) is 8.83 Å². The first-order valence-corrected chi connectivity index (χ1v) is 8.32. The molecule has 160 valence electrons. The molecule has 4 nitrogen and oxygen atoms in total. The molecule has 0 unspecified atom stereocenters. The fraction of sp³-hybridized carbons (Fsp3) is 0.300. The average Bonchev–Trinajstić information content (AvgIpc) is 3.12. The van der Waals surface area contributed by atoms with E-state index in [0.29, 0.717) is 0 Å². The van der Waals surface area contributed by atoms with Gasteiger partial charge in [0.25, 0.3) is 0 Å². The summed E-state index contributed by atoms with van der Waals surface area (Å²) >= 11 is 0. The third kappa shape index (κ3) is 3.01. The second kappa shape index (κ2) is 6.75. The minimum atomic E-state index is -5.70. The van der Waals surface area contributed by atoms with Crippen LogP contribution in [0.2, 0.25) is 0 Å². The fourth-order valence-electron chi connectivity index (χ4n) is 3.53. The van der Waals surface area contributed by atoms with E-state index in [1.165, 1.54) is 13.8 Å². The Morgan fingerprint density at radius 1 is 0.667 bits per heavy atom. The predicted octanol–water partition coefficient (Wildman–Crippen LogP) is 6.63. The van der Waals surface area contributed by atoms with Crippen LogP contribution in [0.15, 0.2) is 45.2 Å². The Balaban J connectivity index is 0.00000256. The molecule has 4 rings (SSSR count). The van der Waals surface area contributed by atoms with E-state index in [1.54, 1.807) is 0 Å². The van der Waals surface area contributed by atoms with Gasteiger partial charge in [0, 0.05) is 13.8 Å². The summed E-state index contributed by atoms with van der Waals surface area (Å²) in [6.07, 6.45) is -11.4. The molecule has 30 heavy (non-hydrogen) atoms. The van der Waals surface area contributed by atoms with Gasteiger partial charge in [-0.3, -0.25) is 0 Å². The Kier molecular flexibility index (Phi) is 4.87. The van der Waals surface area contributed by atoms with E-state index < -0.39 is 28.9 Å². The summed E-state index contributed by atoms with van der Waals surface area (Å²) in [5, 5.41) is 0. The van der Waals surface area contributed by atoms with E-state index in [0.717, 1.165) is 36.4 Å². The zero-order valence-electron chi connectivity index (χ0n) is 14.9. The highest BCUT2D eigenvalue weighted by Gasteiger charge is 2.72. The molecule has 0 bridgehead atoms. The Labute approximate surface area is 166 Å². The maximum atomic E-state index is 14.2. The highest BCUT2D eigenvalue weighted by molar-refractivity contribution is 5.77. The lowest BCUT2D eigenvalue weighted by molar-refractivity contribution is -0.288. The number of hydrogen-bond acceptors (Lipinski definition) is 4. The van der Waals surface area contributed by atoms with Crippen LogP contribution in [0.1, 0.15) is 30.3 Å². The van der Waals surface area contributed by atoms with Crippen molar-refractivity contribution in [2.45, 2.75) is 39.0 Å². The van der Waals surface area contributed by atoms with E-state index in [9.17, 15) is 26.3 Å². The molecule has 0 amide bonds. The largest absolute Gasteiger partial charge is 0.441 e. The lowest BCUT2D eigenvalue weighted by atomic mass is 9.72. The molecule has 0 saturated carbocycles. The van der Waals surface area contributed by atoms with E-state index >= 15 is 0 Å². The molecule has 0 aliphatic carbocycles. The van der Waals surface area contributed by atoms with Gasteiger partial charge in [0.2, 0.25) is 5.41 Å². The number of hydrogen-bond donors (Lipinski definition) is 0. The Hall–Kier alpha value is -3.04. The molecule has 10 heteroatoms. The van der Waals surface area contributed by atoms with Crippen LogP contribution in [0.25, 0.3) is 22.2 Å². The molecule has 0 radical (unpaired) electrons. The van der Waals surface area contributed by atoms with Gasteiger partial charge in [0.1, 0.15) is 11.0 Å². The minimum Gasteiger partial charge on any atom is -0.441 e. The summed E-state index contributed by atoms with van der Waals surface area (Å²) in [7, 11) is 0. The average molecular weight is 430 g/mol. The van der Waals surface area contributed by atoms with Crippen LogP contribution in [0.4, 0.5) is 26.3 Å². The molecule has 0 spiro atoms. The third-order valence-corrected chi connectivity index (χ3v) is 4.71. The van der Waals surface area contributed by atoms with Crippen molar-refractivity contribution >= 4 is 22.2 Å². The van der Waals surface area contributed by atoms with E-state index in [1.807, 2.05) is 0 Å². The van der Waals surface area contributed by atoms with Gasteiger partial charge in [-0.1, -0.05) is 19.6 Å². The molecule has 4 aromatic rings. The van der Waals surface area contributed by atoms with Crippen molar-refractivity contribution < 1.29 is 35.2 Å². The first-order chi connectivity index (χ1) is 13.4. The number of benzene rings is 2. The number of aromatic nitrogens is 2. The minimum absolute atomic E-state index is 0. The van der Waals surface area contributed by atoms with Crippen LogP contribution >= 0.6 is 0 Å². The summed E-state index contributed by atoms with van der Waals surface area (Å²) in [5.41, 5.74) is -6.34. The second-order valence-electron chi connectivity index (χ2n) is 6.58. The van der Waals surface area contributed by atoms with Crippen molar-refractivity contribution in [1.82, 2.24) is 9.97 Å². The van der Waals surface area contributed by atoms with Crippen molar-refractivity contribution in [2.75, 3.05) is 0 Å². The van der Waals surface area contributed by atoms with Gasteiger partial charge >= 0.3 is 12.4 Å². The quantitative estimate of drug-likeness (QED) is 0.335. The topological polar surface area (TPSA) is 52.1 Å². The van der Waals surface area contributed by atoms with Crippen LogP contribution in [0.5, 0.6) is 0 Å². The van der Waals surface area contributed by atoms with Crippen LogP contribution in [-0.4, -0.2) is 22.3 Å². The van der Waals surface area contributed by atoms with E-state index in [-0.39, 0.29) is 41.4 Å². The maximum absolute atomic E-state index is 14.2. The molecule has 2 aromatic heterocycles. The highest BCUT2D eigenvalue weighted by atomic mass is 19.4. The lowest BCUT2D eigenvalue weighted by Crippen LogP contribution is -2.54. The Bertz CT molecular complexity index is 1120. The first-order valence-electron chi connectivity index (χ1n) is 8.32. The van der Waals surface area contributed by atoms with Crippen LogP contribution in [0.3, 0.4) is 0 Å². The van der Waals surface area contributed by atoms with Gasteiger partial charge in [-0.25, -0.2) is 9.97 Å². The van der Waals surface area contributed by atoms with Crippen molar-refractivity contribution in [3.8, 4) is 0 Å². The van der Waals surface area contributed by atoms with Crippen molar-refractivity contribution in [2.24, 2.45) is 0 Å². The van der Waals surface area contributed by atoms with Crippen LogP contribution in [0, 0.1) is 13.8 Å². The number of halogens is 6. The van der Waals surface area contributed by atoms with Gasteiger partial charge in [-0.2, -0.15) is 26.3 Å². The summed E-state index contributed by atoms with van der Waals surface area (Å²) < 4.78 is 95.8. The van der Waals surface area contributed by atoms with Gasteiger partial charge < -0.3 is 8.83 Å². The summed E-state index contributed by atoms with van der Waals surface area (Å²) in [6.45, 7) is 2.89. The van der Waals surface area contributed by atoms with Gasteiger partial charge in [0.05, 0.1) is 0 Å². The normalized spacial score (nSPS) is 13.1. The van der Waals surface area contributed by atoms with Gasteiger partial charge in [-0.15, -0.1) is 0 Å². The number of aryl methyl sites for hydroxylation is 2. The molecule has 0 atom stereocenters. The van der Waals surface area contributed by atoms with Gasteiger partial charge in [-0.05, 0) is 35.4 Å². The Morgan fingerprint density at radius 2 is 1.03 bits per heavy atom. The molecule has 2 aromatic carbocycles. The van der Waals surface area contributed by atoms with Crippen LogP contribution in [-0.2, 0) is 5.41 Å². The molecule has 0 fully saturated rings. The zero-order chi connectivity index (χ0) is 21.2. The molecule has 0 N–H and O–H groups in total. The number of fused-ring (bicyclic) bond motifs is 2. The van der Waals surface area contributed by atoms with Crippen LogP contribution < -0.4 is 0 Å². The Morgan fingerprint density at radius 3 is 1.37 bits per heavy atom. The molecular formula is C20H16F6N2O2. The second-order valence-corrected chi connectivity index (χ2v) is 6.58. The number of oxazole rings is 2. The molecule has 0 saturated heterocycles. The summed E-state index contributed by atoms with van der Waals surface area (Å²) in [4.78, 5) is 7.74. The zero-order valence-corrected chi connectivity index (χ0v) is 14.9. The van der Waals surface area contributed by atoms with Crippen molar-refractivity contribution in [3.63, 3.8) is 0 Å². The monoisotopic (exact) mass is 430 g/mol. The molecule has 0 aliphatic rings. The standard InChI is InChI=1S/C19H12F6N2O2.CH4/c1-9-26-13-7-11(3-5-15(13)28-9)17(18(20,21)22,19(23,24)25)12-4-6-16-14(8-12)27-10(2)29-16;/h3-8H,1-2H3;1H4. The third-order valence-electron chi connectivity index (χ3n) is 4.71. The maximum Gasteiger partial charge on any atom is 0.411 e. The molecular weight excluding hydrogens is 414 g/mol. The van der Waals surface area contributed by atoms with Gasteiger partial charge in [0.15, 0.2) is 22.9 Å². The highest BCUT2D eigenvalue weighted by Crippen LogP contribution is 2.56. The first kappa shape index (κ1) is 21.7. The summed E-state index contributed by atoms with van der Waals surface area (Å²) in [6, 6.07) is 5.12. The molecule has 0 aliphatic heterocycles. The SMILES string of the molecule is C.Cc1nc2cc(C(c3ccc4oc(C)nc4c3)(C(F)(F)F)C(F)(F)F)ccc2o1. The van der Waals surface area contributed by atoms with E-state index in [2.05, 4.69) is 9.97 Å². The molecule has 2 heterocycles. The predicted molar refractivity (Wildman–Crippen MR) is 97.1 cm³/mol. The fourth-order valence-corrected chi connectivity index (χ4v) is 3.53. The van der Waals surface area contributed by atoms with Crippen molar-refractivity contribution in [3.05, 3.63) is 59.3 Å². The summed E-state index contributed by atoms with van der Waals surface area (Å²) in [5.74, 6) is 0.252. The smallest absolute Gasteiger partial charge is 0.411 e.